The number of hydrogen-bond donors (Lipinski definition) is 3. The third-order valence-corrected chi connectivity index (χ3v) is 2.69. The molecule has 0 saturated carbocycles. The summed E-state index contributed by atoms with van der Waals surface area (Å²) in [5.41, 5.74) is -0.225. The summed E-state index contributed by atoms with van der Waals surface area (Å²) in [4.78, 5) is 14.2. The van der Waals surface area contributed by atoms with Crippen molar-refractivity contribution in [1.29, 1.82) is 0 Å². The smallest absolute Gasteiger partial charge is 0.354 e. The average molecular weight is 245 g/mol. The predicted octanol–water partition coefficient (Wildman–Crippen LogP) is 0.0460. The molecule has 0 saturated heterocycles. The molecule has 0 unspecified atom stereocenters. The van der Waals surface area contributed by atoms with Gasteiger partial charge >= 0.3 is 5.97 Å². The Morgan fingerprint density at radius 3 is 2.75 bits per heavy atom. The molecule has 16 heavy (non-hydrogen) atoms. The SMILES string of the molecule is CCNS(=O)(=O)Nc1cccc(C(=O)O)n1. The van der Waals surface area contributed by atoms with Crippen molar-refractivity contribution in [2.24, 2.45) is 0 Å². The fourth-order valence-electron chi connectivity index (χ4n) is 0.974. The molecule has 0 bridgehead atoms. The number of hydrogen-bond acceptors (Lipinski definition) is 4. The van der Waals surface area contributed by atoms with Gasteiger partial charge in [-0.15, -0.1) is 0 Å². The molecule has 1 aromatic rings. The Morgan fingerprint density at radius 1 is 1.50 bits per heavy atom. The highest BCUT2D eigenvalue weighted by molar-refractivity contribution is 7.90. The van der Waals surface area contributed by atoms with Crippen molar-refractivity contribution in [3.63, 3.8) is 0 Å². The summed E-state index contributed by atoms with van der Waals surface area (Å²) in [7, 11) is -3.68. The first-order valence-corrected chi connectivity index (χ1v) is 5.90. The lowest BCUT2D eigenvalue weighted by molar-refractivity contribution is 0.0690. The van der Waals surface area contributed by atoms with Gasteiger partial charge < -0.3 is 5.11 Å². The van der Waals surface area contributed by atoms with Crippen LogP contribution in [0.4, 0.5) is 5.82 Å². The third kappa shape index (κ3) is 3.48. The van der Waals surface area contributed by atoms with Crippen molar-refractivity contribution in [1.82, 2.24) is 9.71 Å². The molecule has 0 fully saturated rings. The minimum atomic E-state index is -3.68. The molecule has 0 aliphatic heterocycles. The van der Waals surface area contributed by atoms with Crippen LogP contribution in [0.15, 0.2) is 18.2 Å². The second-order valence-electron chi connectivity index (χ2n) is 2.82. The fourth-order valence-corrected chi connectivity index (χ4v) is 1.82. The number of carbonyl (C=O) groups is 1. The van der Waals surface area contributed by atoms with E-state index in [9.17, 15) is 13.2 Å². The number of anilines is 1. The number of carboxylic acid groups (broad SMARTS) is 1. The van der Waals surface area contributed by atoms with Gasteiger partial charge in [-0.3, -0.25) is 4.72 Å². The standard InChI is InChI=1S/C8H11N3O4S/c1-2-9-16(14,15)11-7-5-3-4-6(10-7)8(12)13/h3-5,9H,2H2,1H3,(H,10,11)(H,12,13). The van der Waals surface area contributed by atoms with Crippen molar-refractivity contribution in [2.45, 2.75) is 6.92 Å². The van der Waals surface area contributed by atoms with Crippen molar-refractivity contribution in [2.75, 3.05) is 11.3 Å². The van der Waals surface area contributed by atoms with Gasteiger partial charge in [0.15, 0.2) is 5.69 Å². The number of carboxylic acids is 1. The molecule has 3 N–H and O–H groups in total. The molecule has 1 rings (SSSR count). The van der Waals surface area contributed by atoms with E-state index in [1.807, 2.05) is 0 Å². The minimum absolute atomic E-state index is 0.0409. The Kier molecular flexibility index (Phi) is 3.80. The van der Waals surface area contributed by atoms with Crippen LogP contribution < -0.4 is 9.44 Å². The summed E-state index contributed by atoms with van der Waals surface area (Å²) < 4.78 is 26.8. The van der Waals surface area contributed by atoms with Crippen molar-refractivity contribution >= 4 is 22.0 Å². The van der Waals surface area contributed by atoms with Gasteiger partial charge in [-0.25, -0.2) is 9.78 Å². The number of nitrogens with zero attached hydrogens (tertiary/aromatic N) is 1. The molecule has 0 atom stereocenters. The lowest BCUT2D eigenvalue weighted by Crippen LogP contribution is -2.30. The van der Waals surface area contributed by atoms with Gasteiger partial charge in [-0.05, 0) is 12.1 Å². The zero-order chi connectivity index (χ0) is 12.2. The largest absolute Gasteiger partial charge is 0.477 e. The summed E-state index contributed by atoms with van der Waals surface area (Å²) in [5.74, 6) is -1.26. The number of aromatic carboxylic acids is 1. The normalized spacial score (nSPS) is 11.1. The first-order chi connectivity index (χ1) is 7.44. The van der Waals surface area contributed by atoms with Gasteiger partial charge in [0, 0.05) is 6.54 Å². The highest BCUT2D eigenvalue weighted by Crippen LogP contribution is 2.06. The lowest BCUT2D eigenvalue weighted by Gasteiger charge is -2.07. The lowest BCUT2D eigenvalue weighted by atomic mass is 10.3. The quantitative estimate of drug-likeness (QED) is 0.679. The summed E-state index contributed by atoms with van der Waals surface area (Å²) in [6, 6.07) is 4.04. The molecule has 1 aromatic heterocycles. The molecular weight excluding hydrogens is 234 g/mol. The monoisotopic (exact) mass is 245 g/mol. The van der Waals surface area contributed by atoms with Crippen LogP contribution in [-0.4, -0.2) is 31.0 Å². The van der Waals surface area contributed by atoms with Crippen LogP contribution >= 0.6 is 0 Å². The molecule has 0 amide bonds. The third-order valence-electron chi connectivity index (χ3n) is 1.54. The van der Waals surface area contributed by atoms with E-state index in [4.69, 9.17) is 5.11 Å². The summed E-state index contributed by atoms with van der Waals surface area (Å²) >= 11 is 0. The zero-order valence-corrected chi connectivity index (χ0v) is 9.28. The van der Waals surface area contributed by atoms with Crippen LogP contribution in [0.2, 0.25) is 0 Å². The molecule has 0 aliphatic carbocycles. The summed E-state index contributed by atoms with van der Waals surface area (Å²) in [6.07, 6.45) is 0. The molecule has 0 radical (unpaired) electrons. The average Bonchev–Trinajstić information content (AvgIpc) is 2.17. The van der Waals surface area contributed by atoms with Gasteiger partial charge in [0.1, 0.15) is 5.82 Å². The first kappa shape index (κ1) is 12.4. The molecule has 0 aliphatic rings. The molecule has 1 heterocycles. The number of pyridine rings is 1. The zero-order valence-electron chi connectivity index (χ0n) is 8.47. The van der Waals surface area contributed by atoms with E-state index in [0.717, 1.165) is 0 Å². The topological polar surface area (TPSA) is 108 Å². The van der Waals surface area contributed by atoms with Gasteiger partial charge in [0.2, 0.25) is 0 Å². The van der Waals surface area contributed by atoms with Gasteiger partial charge in [0.25, 0.3) is 10.2 Å². The summed E-state index contributed by atoms with van der Waals surface area (Å²) in [6.45, 7) is 1.86. The van der Waals surface area contributed by atoms with Gasteiger partial charge in [0.05, 0.1) is 0 Å². The Labute approximate surface area is 92.7 Å². The Morgan fingerprint density at radius 2 is 2.19 bits per heavy atom. The maximum atomic E-state index is 11.3. The second-order valence-corrected chi connectivity index (χ2v) is 4.32. The van der Waals surface area contributed by atoms with Gasteiger partial charge in [-0.1, -0.05) is 13.0 Å². The fraction of sp³-hybridized carbons (Fsp3) is 0.250. The van der Waals surface area contributed by atoms with Gasteiger partial charge in [-0.2, -0.15) is 13.1 Å². The van der Waals surface area contributed by atoms with E-state index >= 15 is 0 Å². The molecule has 0 aromatic carbocycles. The number of aromatic nitrogens is 1. The molecule has 7 nitrogen and oxygen atoms in total. The molecular formula is C8H11N3O4S. The minimum Gasteiger partial charge on any atom is -0.477 e. The van der Waals surface area contributed by atoms with E-state index in [1.54, 1.807) is 6.92 Å². The van der Waals surface area contributed by atoms with Crippen molar-refractivity contribution in [3.05, 3.63) is 23.9 Å². The van der Waals surface area contributed by atoms with Crippen LogP contribution in [-0.2, 0) is 10.2 Å². The Balaban J connectivity index is 2.90. The van der Waals surface area contributed by atoms with Crippen LogP contribution in [0.3, 0.4) is 0 Å². The van der Waals surface area contributed by atoms with E-state index in [-0.39, 0.29) is 18.1 Å². The molecule has 8 heteroatoms. The highest BCUT2D eigenvalue weighted by Gasteiger charge is 2.10. The molecule has 88 valence electrons. The Bertz CT molecular complexity index is 486. The van der Waals surface area contributed by atoms with Crippen LogP contribution in [0.25, 0.3) is 0 Å². The number of nitrogens with one attached hydrogen (secondary N) is 2. The van der Waals surface area contributed by atoms with E-state index in [2.05, 4.69) is 14.4 Å². The highest BCUT2D eigenvalue weighted by atomic mass is 32.2. The predicted molar refractivity (Wildman–Crippen MR) is 57.4 cm³/mol. The first-order valence-electron chi connectivity index (χ1n) is 4.42. The van der Waals surface area contributed by atoms with Crippen LogP contribution in [0.1, 0.15) is 17.4 Å². The summed E-state index contributed by atoms with van der Waals surface area (Å²) in [5, 5.41) is 8.66. The van der Waals surface area contributed by atoms with Crippen LogP contribution in [0.5, 0.6) is 0 Å². The maximum Gasteiger partial charge on any atom is 0.354 e. The molecule has 0 spiro atoms. The number of rotatable bonds is 5. The van der Waals surface area contributed by atoms with E-state index in [1.165, 1.54) is 18.2 Å². The van der Waals surface area contributed by atoms with Crippen molar-refractivity contribution in [3.8, 4) is 0 Å². The second kappa shape index (κ2) is 4.90. The van der Waals surface area contributed by atoms with E-state index < -0.39 is 16.2 Å². The maximum absolute atomic E-state index is 11.3. The van der Waals surface area contributed by atoms with E-state index in [0.29, 0.717) is 0 Å². The van der Waals surface area contributed by atoms with Crippen molar-refractivity contribution < 1.29 is 18.3 Å². The Hall–Kier alpha value is -1.67. The van der Waals surface area contributed by atoms with Crippen LogP contribution in [0, 0.1) is 0 Å².